The second-order valence-electron chi connectivity index (χ2n) is 4.77. The van der Waals surface area contributed by atoms with E-state index in [1.807, 2.05) is 47.5 Å². The molecule has 1 aromatic heterocycles. The van der Waals surface area contributed by atoms with Gasteiger partial charge in [0.2, 0.25) is 0 Å². The van der Waals surface area contributed by atoms with Crippen molar-refractivity contribution in [3.8, 4) is 0 Å². The van der Waals surface area contributed by atoms with Gasteiger partial charge in [-0.15, -0.1) is 11.3 Å². The summed E-state index contributed by atoms with van der Waals surface area (Å²) in [5.74, 6) is -0.00131. The lowest BCUT2D eigenvalue weighted by Crippen LogP contribution is -2.42. The molecule has 1 unspecified atom stereocenters. The molecule has 3 rings (SSSR count). The topological polar surface area (TPSA) is 42.4 Å². The minimum atomic E-state index is -0.0476. The zero-order chi connectivity index (χ0) is 13.9. The fraction of sp³-hybridized carbons (Fsp3) is 0.333. The van der Waals surface area contributed by atoms with Crippen molar-refractivity contribution >= 4 is 17.2 Å². The average Bonchev–Trinajstić information content (AvgIpc) is 2.94. The smallest absolute Gasteiger partial charge is 0.273 e. The Morgan fingerprint density at radius 3 is 2.90 bits per heavy atom. The van der Waals surface area contributed by atoms with Crippen molar-refractivity contribution in [3.63, 3.8) is 0 Å². The van der Waals surface area contributed by atoms with Crippen LogP contribution in [-0.4, -0.2) is 35.5 Å². The first kappa shape index (κ1) is 13.3. The van der Waals surface area contributed by atoms with Crippen LogP contribution in [-0.2, 0) is 4.74 Å². The molecule has 0 radical (unpaired) electrons. The van der Waals surface area contributed by atoms with Crippen LogP contribution in [0.3, 0.4) is 0 Å². The second-order valence-corrected chi connectivity index (χ2v) is 5.84. The summed E-state index contributed by atoms with van der Waals surface area (Å²) in [5.41, 5.74) is 1.65. The van der Waals surface area contributed by atoms with Crippen molar-refractivity contribution < 1.29 is 9.53 Å². The number of morpholine rings is 1. The standard InChI is InChI=1S/C15H16N2O2S/c1-11-16-13(10-20-11)15(18)17-7-8-19-14(9-17)12-5-3-2-4-6-12/h2-6,10,14H,7-9H2,1H3. The Hall–Kier alpha value is -1.72. The van der Waals surface area contributed by atoms with Crippen molar-refractivity contribution in [2.24, 2.45) is 0 Å². The summed E-state index contributed by atoms with van der Waals surface area (Å²) >= 11 is 1.50. The van der Waals surface area contributed by atoms with Gasteiger partial charge in [-0.05, 0) is 12.5 Å². The van der Waals surface area contributed by atoms with Crippen LogP contribution in [0.2, 0.25) is 0 Å². The fourth-order valence-corrected chi connectivity index (χ4v) is 2.91. The van der Waals surface area contributed by atoms with Gasteiger partial charge in [0.1, 0.15) is 11.8 Å². The van der Waals surface area contributed by atoms with Gasteiger partial charge < -0.3 is 9.64 Å². The molecule has 20 heavy (non-hydrogen) atoms. The van der Waals surface area contributed by atoms with Crippen molar-refractivity contribution in [3.05, 3.63) is 52.0 Å². The number of nitrogens with zero attached hydrogens (tertiary/aromatic N) is 2. The summed E-state index contributed by atoms with van der Waals surface area (Å²) < 4.78 is 5.77. The van der Waals surface area contributed by atoms with Crippen molar-refractivity contribution in [1.82, 2.24) is 9.88 Å². The third-order valence-corrected chi connectivity index (χ3v) is 4.14. The van der Waals surface area contributed by atoms with Gasteiger partial charge in [0.25, 0.3) is 5.91 Å². The zero-order valence-corrected chi connectivity index (χ0v) is 12.1. The Kier molecular flexibility index (Phi) is 3.80. The number of aryl methyl sites for hydroxylation is 1. The van der Waals surface area contributed by atoms with Gasteiger partial charge in [-0.2, -0.15) is 0 Å². The first-order valence-corrected chi connectivity index (χ1v) is 7.50. The van der Waals surface area contributed by atoms with Crippen molar-refractivity contribution in [2.45, 2.75) is 13.0 Å². The predicted molar refractivity (Wildman–Crippen MR) is 77.9 cm³/mol. The minimum absolute atomic E-state index is 0.00131. The van der Waals surface area contributed by atoms with Crippen LogP contribution in [0.1, 0.15) is 27.2 Å². The highest BCUT2D eigenvalue weighted by molar-refractivity contribution is 7.09. The molecule has 0 saturated carbocycles. The number of rotatable bonds is 2. The molecular formula is C15H16N2O2S. The van der Waals surface area contributed by atoms with E-state index in [0.29, 0.717) is 25.4 Å². The summed E-state index contributed by atoms with van der Waals surface area (Å²) in [6.45, 7) is 3.68. The molecule has 0 spiro atoms. The van der Waals surface area contributed by atoms with Crippen LogP contribution in [0.4, 0.5) is 0 Å². The number of hydrogen-bond acceptors (Lipinski definition) is 4. The fourth-order valence-electron chi connectivity index (χ4n) is 2.33. The van der Waals surface area contributed by atoms with E-state index in [2.05, 4.69) is 4.98 Å². The number of carbonyl (C=O) groups excluding carboxylic acids is 1. The molecule has 0 bridgehead atoms. The normalized spacial score (nSPS) is 19.1. The maximum absolute atomic E-state index is 12.4. The minimum Gasteiger partial charge on any atom is -0.370 e. The highest BCUT2D eigenvalue weighted by Gasteiger charge is 2.27. The Morgan fingerprint density at radius 1 is 1.40 bits per heavy atom. The molecule has 1 saturated heterocycles. The third kappa shape index (κ3) is 2.73. The summed E-state index contributed by atoms with van der Waals surface area (Å²) in [6, 6.07) is 10.0. The van der Waals surface area contributed by atoms with E-state index in [-0.39, 0.29) is 12.0 Å². The Labute approximate surface area is 122 Å². The summed E-state index contributed by atoms with van der Waals surface area (Å²) in [7, 11) is 0. The highest BCUT2D eigenvalue weighted by Crippen LogP contribution is 2.23. The van der Waals surface area contributed by atoms with Crippen LogP contribution in [0, 0.1) is 6.92 Å². The van der Waals surface area contributed by atoms with E-state index < -0.39 is 0 Å². The molecule has 5 heteroatoms. The molecule has 1 aliphatic rings. The molecular weight excluding hydrogens is 272 g/mol. The summed E-state index contributed by atoms with van der Waals surface area (Å²) in [6.07, 6.45) is -0.0476. The third-order valence-electron chi connectivity index (χ3n) is 3.36. The molecule has 104 valence electrons. The van der Waals surface area contributed by atoms with E-state index in [0.717, 1.165) is 10.6 Å². The van der Waals surface area contributed by atoms with Crippen molar-refractivity contribution in [2.75, 3.05) is 19.7 Å². The molecule has 4 nitrogen and oxygen atoms in total. The first-order chi connectivity index (χ1) is 9.74. The number of benzene rings is 1. The largest absolute Gasteiger partial charge is 0.370 e. The molecule has 2 aromatic rings. The number of thiazole rings is 1. The molecule has 2 heterocycles. The number of carbonyl (C=O) groups is 1. The molecule has 1 aliphatic heterocycles. The van der Waals surface area contributed by atoms with Crippen molar-refractivity contribution in [1.29, 1.82) is 0 Å². The van der Waals surface area contributed by atoms with Gasteiger partial charge >= 0.3 is 0 Å². The monoisotopic (exact) mass is 288 g/mol. The van der Waals surface area contributed by atoms with Crippen LogP contribution in [0.5, 0.6) is 0 Å². The molecule has 0 aliphatic carbocycles. The van der Waals surface area contributed by atoms with Gasteiger partial charge in [0.15, 0.2) is 0 Å². The molecule has 1 aromatic carbocycles. The van der Waals surface area contributed by atoms with Crippen LogP contribution in [0.25, 0.3) is 0 Å². The molecule has 1 atom stereocenters. The van der Waals surface area contributed by atoms with E-state index >= 15 is 0 Å². The van der Waals surface area contributed by atoms with Gasteiger partial charge in [0.05, 0.1) is 18.2 Å². The van der Waals surface area contributed by atoms with E-state index in [1.54, 1.807) is 0 Å². The van der Waals surface area contributed by atoms with E-state index in [4.69, 9.17) is 4.74 Å². The van der Waals surface area contributed by atoms with E-state index in [9.17, 15) is 4.79 Å². The molecule has 1 fully saturated rings. The summed E-state index contributed by atoms with van der Waals surface area (Å²) in [5, 5.41) is 2.74. The lowest BCUT2D eigenvalue weighted by Gasteiger charge is -2.32. The Balaban J connectivity index is 1.74. The van der Waals surface area contributed by atoms with E-state index in [1.165, 1.54) is 11.3 Å². The first-order valence-electron chi connectivity index (χ1n) is 6.62. The predicted octanol–water partition coefficient (Wildman–Crippen LogP) is 2.67. The molecule has 1 amide bonds. The maximum atomic E-state index is 12.4. The quantitative estimate of drug-likeness (QED) is 0.853. The lowest BCUT2D eigenvalue weighted by molar-refractivity contribution is -0.0229. The van der Waals surface area contributed by atoms with Gasteiger partial charge in [0, 0.05) is 11.9 Å². The number of amides is 1. The summed E-state index contributed by atoms with van der Waals surface area (Å²) in [4.78, 5) is 18.5. The van der Waals surface area contributed by atoms with Gasteiger partial charge in [-0.3, -0.25) is 4.79 Å². The number of ether oxygens (including phenoxy) is 1. The van der Waals surface area contributed by atoms with Crippen LogP contribution in [0.15, 0.2) is 35.7 Å². The highest BCUT2D eigenvalue weighted by atomic mass is 32.1. The lowest BCUT2D eigenvalue weighted by atomic mass is 10.1. The maximum Gasteiger partial charge on any atom is 0.273 e. The zero-order valence-electron chi connectivity index (χ0n) is 11.3. The molecule has 0 N–H and O–H groups in total. The average molecular weight is 288 g/mol. The van der Waals surface area contributed by atoms with Crippen LogP contribution >= 0.6 is 11.3 Å². The SMILES string of the molecule is Cc1nc(C(=O)N2CCOC(c3ccccc3)C2)cs1. The second kappa shape index (κ2) is 5.73. The number of hydrogen-bond donors (Lipinski definition) is 0. The Morgan fingerprint density at radius 2 is 2.20 bits per heavy atom. The number of aromatic nitrogens is 1. The van der Waals surface area contributed by atoms with Gasteiger partial charge in [-0.25, -0.2) is 4.98 Å². The van der Waals surface area contributed by atoms with Crippen LogP contribution < -0.4 is 0 Å². The van der Waals surface area contributed by atoms with Gasteiger partial charge in [-0.1, -0.05) is 30.3 Å². The Bertz CT molecular complexity index is 597.